The van der Waals surface area contributed by atoms with Gasteiger partial charge in [-0.05, 0) is 31.0 Å². The number of halogens is 1. The van der Waals surface area contributed by atoms with Gasteiger partial charge in [-0.1, -0.05) is 30.7 Å². The molecule has 118 valence electrons. The number of aromatic nitrogens is 2. The highest BCUT2D eigenvalue weighted by Gasteiger charge is 2.11. The lowest BCUT2D eigenvalue weighted by Gasteiger charge is -2.14. The number of hydrogen-bond donors (Lipinski definition) is 1. The van der Waals surface area contributed by atoms with Crippen LogP contribution >= 0.6 is 23.4 Å². The first-order valence-electron chi connectivity index (χ1n) is 7.25. The quantitative estimate of drug-likeness (QED) is 0.815. The van der Waals surface area contributed by atoms with Crippen LogP contribution in [-0.2, 0) is 10.5 Å². The molecule has 1 N–H and O–H groups in total. The smallest absolute Gasteiger partial charge is 0.235 e. The molecule has 1 atom stereocenters. The molecule has 0 aliphatic carbocycles. The summed E-state index contributed by atoms with van der Waals surface area (Å²) in [5.74, 6) is 1.90. The van der Waals surface area contributed by atoms with Crippen LogP contribution < -0.4 is 5.32 Å². The first-order chi connectivity index (χ1) is 10.6. The van der Waals surface area contributed by atoms with Gasteiger partial charge in [-0.25, -0.2) is 4.68 Å². The Bertz CT molecular complexity index is 629. The van der Waals surface area contributed by atoms with Gasteiger partial charge in [-0.2, -0.15) is 5.10 Å². The third-order valence-corrected chi connectivity index (χ3v) is 4.58. The highest BCUT2D eigenvalue weighted by molar-refractivity contribution is 7.99. The van der Waals surface area contributed by atoms with E-state index in [4.69, 9.17) is 11.6 Å². The molecule has 0 aliphatic heterocycles. The van der Waals surface area contributed by atoms with E-state index in [0.29, 0.717) is 5.75 Å². The van der Waals surface area contributed by atoms with Gasteiger partial charge in [-0.15, -0.1) is 11.8 Å². The molecule has 1 aromatic heterocycles. The summed E-state index contributed by atoms with van der Waals surface area (Å²) in [5.41, 5.74) is 1.12. The van der Waals surface area contributed by atoms with E-state index in [1.807, 2.05) is 35.0 Å². The zero-order valence-corrected chi connectivity index (χ0v) is 14.3. The Morgan fingerprint density at radius 2 is 2.27 bits per heavy atom. The summed E-state index contributed by atoms with van der Waals surface area (Å²) in [6, 6.07) is 9.79. The van der Waals surface area contributed by atoms with Crippen molar-refractivity contribution in [2.45, 2.75) is 32.1 Å². The van der Waals surface area contributed by atoms with Crippen molar-refractivity contribution in [1.82, 2.24) is 9.78 Å². The molecule has 22 heavy (non-hydrogen) atoms. The lowest BCUT2D eigenvalue weighted by atomic mass is 10.2. The van der Waals surface area contributed by atoms with E-state index in [1.165, 1.54) is 0 Å². The highest BCUT2D eigenvalue weighted by atomic mass is 35.5. The third kappa shape index (κ3) is 4.78. The van der Waals surface area contributed by atoms with Crippen LogP contribution in [0.5, 0.6) is 0 Å². The summed E-state index contributed by atoms with van der Waals surface area (Å²) in [6.45, 7) is 4.18. The maximum absolute atomic E-state index is 12.0. The molecule has 2 rings (SSSR count). The van der Waals surface area contributed by atoms with Gasteiger partial charge in [0.05, 0.1) is 18.0 Å². The highest BCUT2D eigenvalue weighted by Crippen LogP contribution is 2.18. The molecule has 4 nitrogen and oxygen atoms in total. The Morgan fingerprint density at radius 3 is 3.00 bits per heavy atom. The number of carbonyl (C=O) groups excluding carboxylic acids is 1. The topological polar surface area (TPSA) is 46.9 Å². The molecule has 0 spiro atoms. The molecule has 0 saturated carbocycles. The number of rotatable bonds is 7. The first kappa shape index (κ1) is 16.9. The van der Waals surface area contributed by atoms with Crippen molar-refractivity contribution in [3.63, 3.8) is 0 Å². The van der Waals surface area contributed by atoms with Crippen LogP contribution in [0.4, 0.5) is 5.82 Å². The van der Waals surface area contributed by atoms with Gasteiger partial charge in [-0.3, -0.25) is 4.79 Å². The molecular weight excluding hydrogens is 318 g/mol. The average Bonchev–Trinajstić information content (AvgIpc) is 2.94. The number of benzene rings is 1. The molecule has 0 radical (unpaired) electrons. The van der Waals surface area contributed by atoms with Gasteiger partial charge in [0.2, 0.25) is 5.91 Å². The summed E-state index contributed by atoms with van der Waals surface area (Å²) < 4.78 is 1.85. The van der Waals surface area contributed by atoms with Crippen LogP contribution in [0.15, 0.2) is 36.5 Å². The van der Waals surface area contributed by atoms with E-state index in [2.05, 4.69) is 24.3 Å². The van der Waals surface area contributed by atoms with Crippen LogP contribution in [0.3, 0.4) is 0 Å². The van der Waals surface area contributed by atoms with E-state index >= 15 is 0 Å². The molecule has 6 heteroatoms. The van der Waals surface area contributed by atoms with Crippen molar-refractivity contribution in [2.75, 3.05) is 11.1 Å². The maximum Gasteiger partial charge on any atom is 0.235 e. The normalized spacial score (nSPS) is 12.1. The fraction of sp³-hybridized carbons (Fsp3) is 0.375. The zero-order chi connectivity index (χ0) is 15.9. The lowest BCUT2D eigenvalue weighted by molar-refractivity contribution is -0.113. The molecule has 1 aromatic carbocycles. The fourth-order valence-electron chi connectivity index (χ4n) is 2.00. The number of nitrogens with zero attached hydrogens (tertiary/aromatic N) is 2. The van der Waals surface area contributed by atoms with E-state index < -0.39 is 0 Å². The Morgan fingerprint density at radius 1 is 1.45 bits per heavy atom. The van der Waals surface area contributed by atoms with Crippen molar-refractivity contribution in [2.24, 2.45) is 0 Å². The van der Waals surface area contributed by atoms with E-state index in [-0.39, 0.29) is 11.9 Å². The summed E-state index contributed by atoms with van der Waals surface area (Å²) in [4.78, 5) is 12.0. The summed E-state index contributed by atoms with van der Waals surface area (Å²) in [5, 5.41) is 7.90. The van der Waals surface area contributed by atoms with Gasteiger partial charge in [0.25, 0.3) is 0 Å². The summed E-state index contributed by atoms with van der Waals surface area (Å²) >= 11 is 7.51. The molecule has 1 unspecified atom stereocenters. The van der Waals surface area contributed by atoms with Crippen LogP contribution in [0.2, 0.25) is 5.02 Å². The molecule has 1 amide bonds. The minimum Gasteiger partial charge on any atom is -0.310 e. The minimum absolute atomic E-state index is 0.0166. The summed E-state index contributed by atoms with van der Waals surface area (Å²) in [7, 11) is 0. The molecular formula is C16H20ClN3OS. The number of anilines is 1. The maximum atomic E-state index is 12.0. The number of hydrogen-bond acceptors (Lipinski definition) is 3. The van der Waals surface area contributed by atoms with Crippen LogP contribution in [0.1, 0.15) is 31.9 Å². The second-order valence-corrected chi connectivity index (χ2v) is 6.51. The second kappa shape index (κ2) is 8.25. The second-order valence-electron chi connectivity index (χ2n) is 5.09. The third-order valence-electron chi connectivity index (χ3n) is 3.34. The van der Waals surface area contributed by atoms with Gasteiger partial charge < -0.3 is 5.32 Å². The minimum atomic E-state index is -0.0166. The van der Waals surface area contributed by atoms with Crippen LogP contribution in [0.25, 0.3) is 0 Å². The van der Waals surface area contributed by atoms with Gasteiger partial charge in [0, 0.05) is 16.8 Å². The molecule has 0 fully saturated rings. The zero-order valence-electron chi connectivity index (χ0n) is 12.8. The predicted molar refractivity (Wildman–Crippen MR) is 93.5 cm³/mol. The van der Waals surface area contributed by atoms with E-state index in [1.54, 1.807) is 18.0 Å². The number of carbonyl (C=O) groups is 1. The van der Waals surface area contributed by atoms with Crippen molar-refractivity contribution < 1.29 is 4.79 Å². The Kier molecular flexibility index (Phi) is 6.34. The van der Waals surface area contributed by atoms with Gasteiger partial charge in [0.15, 0.2) is 0 Å². The van der Waals surface area contributed by atoms with Crippen molar-refractivity contribution >= 4 is 35.1 Å². The van der Waals surface area contributed by atoms with Gasteiger partial charge >= 0.3 is 0 Å². The molecule has 0 bridgehead atoms. The first-order valence-corrected chi connectivity index (χ1v) is 8.79. The Labute approximate surface area is 140 Å². The molecule has 1 heterocycles. The van der Waals surface area contributed by atoms with Gasteiger partial charge in [0.1, 0.15) is 5.82 Å². The number of amides is 1. The Balaban J connectivity index is 1.82. The standard InChI is InChI=1S/C16H20ClN3OS/c1-3-12(2)20-15(7-8-18-20)19-16(21)11-22-10-13-5-4-6-14(17)9-13/h4-9,12H,3,10-11H2,1-2H3,(H,19,21). The average molecular weight is 338 g/mol. The lowest BCUT2D eigenvalue weighted by Crippen LogP contribution is -2.19. The largest absolute Gasteiger partial charge is 0.310 e. The fourth-order valence-corrected chi connectivity index (χ4v) is 2.99. The SMILES string of the molecule is CCC(C)n1nccc1NC(=O)CSCc1cccc(Cl)c1. The van der Waals surface area contributed by atoms with E-state index in [0.717, 1.165) is 28.6 Å². The molecule has 0 saturated heterocycles. The van der Waals surface area contributed by atoms with E-state index in [9.17, 15) is 4.79 Å². The number of nitrogens with one attached hydrogen (secondary N) is 1. The molecule has 2 aromatic rings. The van der Waals surface area contributed by atoms with Crippen LogP contribution in [-0.4, -0.2) is 21.4 Å². The monoisotopic (exact) mass is 337 g/mol. The molecule has 0 aliphatic rings. The van der Waals surface area contributed by atoms with Crippen molar-refractivity contribution in [1.29, 1.82) is 0 Å². The summed E-state index contributed by atoms with van der Waals surface area (Å²) in [6.07, 6.45) is 2.68. The van der Waals surface area contributed by atoms with Crippen molar-refractivity contribution in [3.8, 4) is 0 Å². The van der Waals surface area contributed by atoms with Crippen molar-refractivity contribution in [3.05, 3.63) is 47.1 Å². The predicted octanol–water partition coefficient (Wildman–Crippen LogP) is 4.38. The van der Waals surface area contributed by atoms with Crippen LogP contribution in [0, 0.1) is 0 Å². The Hall–Kier alpha value is -1.46. The number of thioether (sulfide) groups is 1.